The first-order chi connectivity index (χ1) is 9.87. The molecule has 0 aliphatic carbocycles. The van der Waals surface area contributed by atoms with E-state index in [0.29, 0.717) is 17.1 Å². The minimum Gasteiger partial charge on any atom is -0.481 e. The first-order valence-electron chi connectivity index (χ1n) is 6.22. The smallest absolute Gasteiger partial charge is 0.307 e. The maximum atomic E-state index is 12.1. The lowest BCUT2D eigenvalue weighted by Crippen LogP contribution is -2.23. The predicted octanol–water partition coefficient (Wildman–Crippen LogP) is 1.69. The van der Waals surface area contributed by atoms with E-state index in [0.717, 1.165) is 0 Å². The van der Waals surface area contributed by atoms with Gasteiger partial charge in [-0.1, -0.05) is 12.1 Å². The summed E-state index contributed by atoms with van der Waals surface area (Å²) in [6, 6.07) is 9.19. The summed E-state index contributed by atoms with van der Waals surface area (Å²) in [6.07, 6.45) is -0.139. The Morgan fingerprint density at radius 1 is 1.19 bits per heavy atom. The van der Waals surface area contributed by atoms with E-state index in [-0.39, 0.29) is 17.9 Å². The van der Waals surface area contributed by atoms with Crippen molar-refractivity contribution >= 4 is 16.0 Å². The zero-order chi connectivity index (χ0) is 15.5. The van der Waals surface area contributed by atoms with E-state index in [1.165, 1.54) is 24.3 Å². The molecule has 0 aliphatic heterocycles. The second-order valence-corrected chi connectivity index (χ2v) is 6.32. The first kappa shape index (κ1) is 15.3. The zero-order valence-corrected chi connectivity index (χ0v) is 12.2. The summed E-state index contributed by atoms with van der Waals surface area (Å²) >= 11 is 0. The number of nitrogens with one attached hydrogen (secondary N) is 1. The van der Waals surface area contributed by atoms with Crippen molar-refractivity contribution in [3.63, 3.8) is 0 Å². The van der Waals surface area contributed by atoms with Crippen molar-refractivity contribution in [1.82, 2.24) is 4.72 Å². The molecule has 0 aliphatic rings. The summed E-state index contributed by atoms with van der Waals surface area (Å²) in [4.78, 5) is 10.7. The van der Waals surface area contributed by atoms with Gasteiger partial charge in [0, 0.05) is 0 Å². The fourth-order valence-corrected chi connectivity index (χ4v) is 2.78. The zero-order valence-electron chi connectivity index (χ0n) is 11.4. The number of benzene rings is 1. The van der Waals surface area contributed by atoms with E-state index in [1.54, 1.807) is 19.1 Å². The number of carboxylic acid groups (broad SMARTS) is 1. The summed E-state index contributed by atoms with van der Waals surface area (Å²) in [5.74, 6) is 0.276. The van der Waals surface area contributed by atoms with Gasteiger partial charge in [-0.25, -0.2) is 13.1 Å². The molecule has 1 heterocycles. The number of sulfonamides is 1. The first-order valence-corrected chi connectivity index (χ1v) is 7.71. The summed E-state index contributed by atoms with van der Waals surface area (Å²) in [6.45, 7) is 1.84. The minimum atomic E-state index is -3.65. The van der Waals surface area contributed by atoms with Crippen molar-refractivity contribution in [2.24, 2.45) is 0 Å². The number of furan rings is 1. The Balaban J connectivity index is 2.06. The molecule has 6 nitrogen and oxygen atoms in total. The molecule has 112 valence electrons. The van der Waals surface area contributed by atoms with Gasteiger partial charge < -0.3 is 9.52 Å². The Hall–Kier alpha value is -2.12. The van der Waals surface area contributed by atoms with Gasteiger partial charge in [-0.3, -0.25) is 4.79 Å². The molecular formula is C14H15NO5S. The topological polar surface area (TPSA) is 96.6 Å². The molecule has 0 spiro atoms. The van der Waals surface area contributed by atoms with Gasteiger partial charge in [-0.15, -0.1) is 0 Å². The van der Waals surface area contributed by atoms with E-state index >= 15 is 0 Å². The molecule has 0 saturated heterocycles. The number of rotatable bonds is 6. The minimum absolute atomic E-state index is 0.0626. The van der Waals surface area contributed by atoms with Crippen molar-refractivity contribution in [3.8, 4) is 0 Å². The Bertz CT molecular complexity index is 731. The van der Waals surface area contributed by atoms with Crippen LogP contribution >= 0.6 is 0 Å². The lowest BCUT2D eigenvalue weighted by molar-refractivity contribution is -0.136. The van der Waals surface area contributed by atoms with Crippen LogP contribution in [0.1, 0.15) is 17.1 Å². The van der Waals surface area contributed by atoms with E-state index in [1.807, 2.05) is 0 Å². The van der Waals surface area contributed by atoms with Crippen molar-refractivity contribution < 1.29 is 22.7 Å². The fourth-order valence-electron chi connectivity index (χ4n) is 1.79. The molecule has 0 saturated carbocycles. The van der Waals surface area contributed by atoms with Gasteiger partial charge in [-0.05, 0) is 36.8 Å². The third-order valence-corrected chi connectivity index (χ3v) is 4.24. The predicted molar refractivity (Wildman–Crippen MR) is 75.3 cm³/mol. The Morgan fingerprint density at radius 3 is 2.38 bits per heavy atom. The average Bonchev–Trinajstić information content (AvgIpc) is 2.82. The summed E-state index contributed by atoms with van der Waals surface area (Å²) < 4.78 is 31.9. The van der Waals surface area contributed by atoms with Gasteiger partial charge in [0.2, 0.25) is 10.0 Å². The van der Waals surface area contributed by atoms with Crippen LogP contribution in [0, 0.1) is 6.92 Å². The van der Waals surface area contributed by atoms with Crippen LogP contribution in [0.25, 0.3) is 0 Å². The van der Waals surface area contributed by atoms with E-state index in [2.05, 4.69) is 4.72 Å². The van der Waals surface area contributed by atoms with Gasteiger partial charge >= 0.3 is 5.97 Å². The van der Waals surface area contributed by atoms with Crippen molar-refractivity contribution in [2.75, 3.05) is 0 Å². The van der Waals surface area contributed by atoms with E-state index in [9.17, 15) is 13.2 Å². The van der Waals surface area contributed by atoms with Crippen LogP contribution in [0.5, 0.6) is 0 Å². The highest BCUT2D eigenvalue weighted by Gasteiger charge is 2.14. The highest BCUT2D eigenvalue weighted by atomic mass is 32.2. The van der Waals surface area contributed by atoms with E-state index in [4.69, 9.17) is 9.52 Å². The molecule has 7 heteroatoms. The maximum Gasteiger partial charge on any atom is 0.307 e. The van der Waals surface area contributed by atoms with Crippen molar-refractivity contribution in [1.29, 1.82) is 0 Å². The second kappa shape index (κ2) is 6.11. The number of hydrogen-bond acceptors (Lipinski definition) is 4. The van der Waals surface area contributed by atoms with E-state index < -0.39 is 16.0 Å². The van der Waals surface area contributed by atoms with Crippen LogP contribution < -0.4 is 4.72 Å². The van der Waals surface area contributed by atoms with Crippen LogP contribution in [0.4, 0.5) is 0 Å². The number of aliphatic carboxylic acids is 1. The number of carboxylic acids is 1. The van der Waals surface area contributed by atoms with Crippen LogP contribution in [-0.4, -0.2) is 19.5 Å². The molecule has 0 radical (unpaired) electrons. The molecule has 2 N–H and O–H groups in total. The molecule has 0 bridgehead atoms. The molecule has 2 aromatic rings. The van der Waals surface area contributed by atoms with Crippen molar-refractivity contribution in [3.05, 3.63) is 53.5 Å². The lowest BCUT2D eigenvalue weighted by Gasteiger charge is -2.06. The number of carbonyl (C=O) groups is 1. The lowest BCUT2D eigenvalue weighted by atomic mass is 10.2. The van der Waals surface area contributed by atoms with Crippen LogP contribution in [0.3, 0.4) is 0 Å². The van der Waals surface area contributed by atoms with Gasteiger partial charge in [0.05, 0.1) is 17.9 Å². The molecule has 0 atom stereocenters. The Labute approximate surface area is 122 Å². The van der Waals surface area contributed by atoms with Crippen LogP contribution in [-0.2, 0) is 27.8 Å². The quantitative estimate of drug-likeness (QED) is 0.846. The molecule has 1 aromatic carbocycles. The van der Waals surface area contributed by atoms with Gasteiger partial charge in [-0.2, -0.15) is 0 Å². The van der Waals surface area contributed by atoms with Gasteiger partial charge in [0.25, 0.3) is 0 Å². The summed E-state index contributed by atoms with van der Waals surface area (Å²) in [5.41, 5.74) is 0.545. The monoisotopic (exact) mass is 309 g/mol. The molecule has 0 amide bonds. The highest BCUT2D eigenvalue weighted by molar-refractivity contribution is 7.89. The number of hydrogen-bond donors (Lipinski definition) is 2. The third-order valence-electron chi connectivity index (χ3n) is 2.82. The highest BCUT2D eigenvalue weighted by Crippen LogP contribution is 2.12. The van der Waals surface area contributed by atoms with Gasteiger partial charge in [0.15, 0.2) is 0 Å². The molecule has 0 unspecified atom stereocenters. The van der Waals surface area contributed by atoms with Gasteiger partial charge in [0.1, 0.15) is 11.5 Å². The van der Waals surface area contributed by atoms with Crippen LogP contribution in [0.15, 0.2) is 45.7 Å². The van der Waals surface area contributed by atoms with Crippen molar-refractivity contribution in [2.45, 2.75) is 24.8 Å². The second-order valence-electron chi connectivity index (χ2n) is 4.55. The summed E-state index contributed by atoms with van der Waals surface area (Å²) in [7, 11) is -3.65. The molecule has 0 fully saturated rings. The third kappa shape index (κ3) is 4.17. The maximum absolute atomic E-state index is 12.1. The summed E-state index contributed by atoms with van der Waals surface area (Å²) in [5, 5.41) is 8.67. The Kier molecular flexibility index (Phi) is 4.44. The molecular weight excluding hydrogens is 294 g/mol. The average molecular weight is 309 g/mol. The molecule has 1 aromatic heterocycles. The molecule has 2 rings (SSSR count). The Morgan fingerprint density at radius 2 is 1.86 bits per heavy atom. The van der Waals surface area contributed by atoms with Crippen LogP contribution in [0.2, 0.25) is 0 Å². The normalized spacial score (nSPS) is 11.5. The number of aryl methyl sites for hydroxylation is 1. The molecule has 21 heavy (non-hydrogen) atoms. The largest absolute Gasteiger partial charge is 0.481 e. The SMILES string of the molecule is Cc1ccc(CNS(=O)(=O)c2ccc(CC(=O)O)cc2)o1. The fraction of sp³-hybridized carbons (Fsp3) is 0.214. The standard InChI is InChI=1S/C14H15NO5S/c1-10-2-5-12(20-10)9-15-21(18,19)13-6-3-11(4-7-13)8-14(16)17/h2-7,15H,8-9H2,1H3,(H,16,17).